The lowest BCUT2D eigenvalue weighted by Crippen LogP contribution is -2.38. The molecule has 2 aromatic carbocycles. The fourth-order valence-corrected chi connectivity index (χ4v) is 5.93. The average molecular weight is 459 g/mol. The third kappa shape index (κ3) is 4.47. The Morgan fingerprint density at radius 3 is 2.59 bits per heavy atom. The minimum absolute atomic E-state index is 0.214. The molecule has 1 N–H and O–H groups in total. The molecule has 1 fully saturated rings. The lowest BCUT2D eigenvalue weighted by atomic mass is 10.0. The van der Waals surface area contributed by atoms with Crippen molar-refractivity contribution in [1.82, 2.24) is 9.62 Å². The zero-order chi connectivity index (χ0) is 22.9. The number of carbonyl (C=O) groups excluding carboxylic acids is 1. The van der Waals surface area contributed by atoms with Gasteiger partial charge in [-0.2, -0.15) is 4.31 Å². The summed E-state index contributed by atoms with van der Waals surface area (Å²) in [5.41, 5.74) is 2.60. The van der Waals surface area contributed by atoms with Crippen molar-refractivity contribution in [2.24, 2.45) is 5.92 Å². The van der Waals surface area contributed by atoms with Gasteiger partial charge in [0.1, 0.15) is 13.2 Å². The number of carbonyl (C=O) groups is 1. The third-order valence-corrected chi connectivity index (χ3v) is 8.35. The summed E-state index contributed by atoms with van der Waals surface area (Å²) in [6.45, 7) is 8.02. The molecule has 0 atom stereocenters. The lowest BCUT2D eigenvalue weighted by molar-refractivity contribution is 0.0949. The Hall–Kier alpha value is -2.58. The van der Waals surface area contributed by atoms with Crippen molar-refractivity contribution in [1.29, 1.82) is 0 Å². The summed E-state index contributed by atoms with van der Waals surface area (Å²) < 4.78 is 39.5. The number of ether oxygens (including phenoxy) is 2. The topological polar surface area (TPSA) is 84.9 Å². The Kier molecular flexibility index (Phi) is 6.44. The van der Waals surface area contributed by atoms with E-state index < -0.39 is 10.0 Å². The molecule has 32 heavy (non-hydrogen) atoms. The van der Waals surface area contributed by atoms with Gasteiger partial charge in [0.15, 0.2) is 11.5 Å². The van der Waals surface area contributed by atoms with E-state index in [0.717, 1.165) is 24.0 Å². The summed E-state index contributed by atoms with van der Waals surface area (Å²) in [6, 6.07) is 8.81. The minimum atomic E-state index is -3.66. The smallest absolute Gasteiger partial charge is 0.251 e. The van der Waals surface area contributed by atoms with Crippen LogP contribution in [0.25, 0.3) is 0 Å². The van der Waals surface area contributed by atoms with Crippen LogP contribution < -0.4 is 14.8 Å². The number of fused-ring (bicyclic) bond motifs is 1. The number of para-hydroxylation sites is 1. The quantitative estimate of drug-likeness (QED) is 0.742. The van der Waals surface area contributed by atoms with Crippen molar-refractivity contribution in [2.75, 3.05) is 26.3 Å². The maximum absolute atomic E-state index is 13.3. The highest BCUT2D eigenvalue weighted by molar-refractivity contribution is 7.89. The van der Waals surface area contributed by atoms with E-state index in [4.69, 9.17) is 9.47 Å². The number of rotatable bonds is 5. The van der Waals surface area contributed by atoms with E-state index in [-0.39, 0.29) is 17.3 Å². The lowest BCUT2D eigenvalue weighted by Gasteiger charge is -2.30. The SMILES string of the molecule is Cc1cc(C(=O)NCc2cccc3c2OCCO3)cc(S(=O)(=O)N2CCC(C)CC2)c1C. The largest absolute Gasteiger partial charge is 0.486 e. The summed E-state index contributed by atoms with van der Waals surface area (Å²) in [6.07, 6.45) is 1.70. The molecule has 0 saturated carbocycles. The van der Waals surface area contributed by atoms with E-state index in [2.05, 4.69) is 12.2 Å². The van der Waals surface area contributed by atoms with E-state index >= 15 is 0 Å². The molecule has 1 saturated heterocycles. The van der Waals surface area contributed by atoms with Gasteiger partial charge in [0.05, 0.1) is 4.90 Å². The number of sulfonamides is 1. The first-order valence-electron chi connectivity index (χ1n) is 11.0. The van der Waals surface area contributed by atoms with Gasteiger partial charge in [-0.3, -0.25) is 4.79 Å². The van der Waals surface area contributed by atoms with Gasteiger partial charge in [0.25, 0.3) is 5.91 Å². The fraction of sp³-hybridized carbons (Fsp3) is 0.458. The first kappa shape index (κ1) is 22.6. The zero-order valence-corrected chi connectivity index (χ0v) is 19.6. The third-order valence-electron chi connectivity index (χ3n) is 6.33. The molecule has 172 valence electrons. The molecule has 8 heteroatoms. The summed E-state index contributed by atoms with van der Waals surface area (Å²) in [4.78, 5) is 13.2. The van der Waals surface area contributed by atoms with Crippen molar-refractivity contribution in [3.8, 4) is 11.5 Å². The predicted octanol–water partition coefficient (Wildman–Crippen LogP) is 3.43. The molecule has 0 radical (unpaired) electrons. The number of aryl methyl sites for hydroxylation is 1. The van der Waals surface area contributed by atoms with Crippen molar-refractivity contribution in [2.45, 2.75) is 45.1 Å². The van der Waals surface area contributed by atoms with Crippen LogP contribution in [-0.2, 0) is 16.6 Å². The Balaban J connectivity index is 1.56. The normalized spacial score (nSPS) is 17.2. The monoisotopic (exact) mass is 458 g/mol. The molecule has 2 aliphatic rings. The average Bonchev–Trinajstić information content (AvgIpc) is 2.79. The molecule has 0 bridgehead atoms. The van der Waals surface area contributed by atoms with E-state index in [1.165, 1.54) is 6.07 Å². The summed E-state index contributed by atoms with van der Waals surface area (Å²) in [5, 5.41) is 2.89. The van der Waals surface area contributed by atoms with Gasteiger partial charge in [-0.1, -0.05) is 19.1 Å². The Bertz CT molecular complexity index is 1120. The molecule has 2 aliphatic heterocycles. The highest BCUT2D eigenvalue weighted by Gasteiger charge is 2.30. The maximum Gasteiger partial charge on any atom is 0.251 e. The number of hydrogen-bond donors (Lipinski definition) is 1. The number of amides is 1. The number of hydrogen-bond acceptors (Lipinski definition) is 5. The van der Waals surface area contributed by atoms with Crippen LogP contribution in [0.15, 0.2) is 35.2 Å². The van der Waals surface area contributed by atoms with Crippen LogP contribution in [0.4, 0.5) is 0 Å². The van der Waals surface area contributed by atoms with E-state index in [9.17, 15) is 13.2 Å². The molecule has 0 aliphatic carbocycles. The van der Waals surface area contributed by atoms with Gasteiger partial charge < -0.3 is 14.8 Å². The van der Waals surface area contributed by atoms with Gasteiger partial charge in [-0.15, -0.1) is 0 Å². The molecular formula is C24H30N2O5S. The molecular weight excluding hydrogens is 428 g/mol. The van der Waals surface area contributed by atoms with Crippen LogP contribution in [-0.4, -0.2) is 44.9 Å². The Morgan fingerprint density at radius 1 is 1.12 bits per heavy atom. The van der Waals surface area contributed by atoms with Crippen LogP contribution in [0, 0.1) is 19.8 Å². The van der Waals surface area contributed by atoms with Crippen molar-refractivity contribution >= 4 is 15.9 Å². The van der Waals surface area contributed by atoms with Crippen molar-refractivity contribution < 1.29 is 22.7 Å². The minimum Gasteiger partial charge on any atom is -0.486 e. The maximum atomic E-state index is 13.3. The van der Waals surface area contributed by atoms with E-state index in [0.29, 0.717) is 54.8 Å². The summed E-state index contributed by atoms with van der Waals surface area (Å²) >= 11 is 0. The number of nitrogens with zero attached hydrogens (tertiary/aromatic N) is 1. The predicted molar refractivity (Wildman–Crippen MR) is 122 cm³/mol. The van der Waals surface area contributed by atoms with Gasteiger partial charge in [0.2, 0.25) is 10.0 Å². The second kappa shape index (κ2) is 9.11. The molecule has 7 nitrogen and oxygen atoms in total. The summed E-state index contributed by atoms with van der Waals surface area (Å²) in [7, 11) is -3.66. The molecule has 0 aromatic heterocycles. The Labute approximate surface area is 189 Å². The van der Waals surface area contributed by atoms with Gasteiger partial charge in [-0.05, 0) is 61.9 Å². The van der Waals surface area contributed by atoms with Crippen LogP contribution in [0.1, 0.15) is 46.8 Å². The Morgan fingerprint density at radius 2 is 1.84 bits per heavy atom. The van der Waals surface area contributed by atoms with Crippen molar-refractivity contribution in [3.05, 3.63) is 52.6 Å². The van der Waals surface area contributed by atoms with Crippen LogP contribution in [0.3, 0.4) is 0 Å². The van der Waals surface area contributed by atoms with E-state index in [1.54, 1.807) is 17.3 Å². The molecule has 1 amide bonds. The highest BCUT2D eigenvalue weighted by atomic mass is 32.2. The highest BCUT2D eigenvalue weighted by Crippen LogP contribution is 2.33. The van der Waals surface area contributed by atoms with E-state index in [1.807, 2.05) is 25.1 Å². The van der Waals surface area contributed by atoms with Crippen molar-refractivity contribution in [3.63, 3.8) is 0 Å². The van der Waals surface area contributed by atoms with Gasteiger partial charge >= 0.3 is 0 Å². The second-order valence-electron chi connectivity index (χ2n) is 8.63. The van der Waals surface area contributed by atoms with Crippen LogP contribution >= 0.6 is 0 Å². The second-order valence-corrected chi connectivity index (χ2v) is 10.5. The molecule has 0 unspecified atom stereocenters. The number of piperidine rings is 1. The molecule has 2 aromatic rings. The molecule has 2 heterocycles. The fourth-order valence-electron chi connectivity index (χ4n) is 4.14. The number of nitrogens with one attached hydrogen (secondary N) is 1. The zero-order valence-electron chi connectivity index (χ0n) is 18.8. The van der Waals surface area contributed by atoms with Crippen LogP contribution in [0.5, 0.6) is 11.5 Å². The first-order valence-corrected chi connectivity index (χ1v) is 12.5. The number of benzene rings is 2. The molecule has 4 rings (SSSR count). The van der Waals surface area contributed by atoms with Gasteiger partial charge in [-0.25, -0.2) is 8.42 Å². The molecule has 0 spiro atoms. The first-order chi connectivity index (χ1) is 15.3. The van der Waals surface area contributed by atoms with Gasteiger partial charge in [0, 0.05) is 30.8 Å². The standard InChI is InChI=1S/C24H30N2O5S/c1-16-7-9-26(10-8-16)32(28,29)22-14-20(13-17(2)18(22)3)24(27)25-15-19-5-4-6-21-23(19)31-12-11-30-21/h4-6,13-14,16H,7-12,15H2,1-3H3,(H,25,27). The van der Waals surface area contributed by atoms with Crippen LogP contribution in [0.2, 0.25) is 0 Å². The summed E-state index contributed by atoms with van der Waals surface area (Å²) in [5.74, 6) is 1.51.